The van der Waals surface area contributed by atoms with Crippen molar-refractivity contribution in [2.45, 2.75) is 6.42 Å². The molecule has 1 saturated heterocycles. The van der Waals surface area contributed by atoms with Crippen molar-refractivity contribution in [2.24, 2.45) is 0 Å². The summed E-state index contributed by atoms with van der Waals surface area (Å²) in [5, 5.41) is 3.18. The second-order valence-electron chi connectivity index (χ2n) is 5.18. The molecular formula is C15H20FN3O2. The molecule has 1 fully saturated rings. The first-order chi connectivity index (χ1) is 10.1. The summed E-state index contributed by atoms with van der Waals surface area (Å²) in [6.07, 6.45) is 0.172. The van der Waals surface area contributed by atoms with Crippen LogP contribution in [0.4, 0.5) is 4.39 Å². The largest absolute Gasteiger partial charge is 0.339 e. The van der Waals surface area contributed by atoms with Crippen molar-refractivity contribution in [3.05, 3.63) is 35.6 Å². The van der Waals surface area contributed by atoms with Gasteiger partial charge in [-0.15, -0.1) is 0 Å². The van der Waals surface area contributed by atoms with E-state index in [0.29, 0.717) is 13.1 Å². The normalized spacial score (nSPS) is 14.9. The lowest BCUT2D eigenvalue weighted by atomic mass is 10.1. The summed E-state index contributed by atoms with van der Waals surface area (Å²) in [4.78, 5) is 27.3. The number of nitrogens with one attached hydrogen (secondary N) is 1. The Hall–Kier alpha value is -1.95. The van der Waals surface area contributed by atoms with Crippen molar-refractivity contribution in [3.63, 3.8) is 0 Å². The van der Waals surface area contributed by atoms with Crippen LogP contribution in [0.15, 0.2) is 24.3 Å². The van der Waals surface area contributed by atoms with Gasteiger partial charge in [0.25, 0.3) is 0 Å². The van der Waals surface area contributed by atoms with Crippen LogP contribution in [0, 0.1) is 5.82 Å². The number of carbonyl (C=O) groups excluding carboxylic acids is 2. The number of carbonyl (C=O) groups is 2. The predicted molar refractivity (Wildman–Crippen MR) is 77.2 cm³/mol. The Kier molecular flexibility index (Phi) is 5.27. The molecule has 0 unspecified atom stereocenters. The van der Waals surface area contributed by atoms with Crippen molar-refractivity contribution in [2.75, 3.05) is 39.8 Å². The monoisotopic (exact) mass is 293 g/mol. The van der Waals surface area contributed by atoms with Crippen molar-refractivity contribution >= 4 is 11.8 Å². The maximum absolute atomic E-state index is 12.8. The van der Waals surface area contributed by atoms with Gasteiger partial charge in [0.2, 0.25) is 11.8 Å². The highest BCUT2D eigenvalue weighted by molar-refractivity contribution is 5.85. The fourth-order valence-electron chi connectivity index (χ4n) is 2.22. The molecule has 21 heavy (non-hydrogen) atoms. The topological polar surface area (TPSA) is 52.7 Å². The third-order valence-electron chi connectivity index (χ3n) is 3.54. The molecule has 1 heterocycles. The molecule has 0 aliphatic carbocycles. The van der Waals surface area contributed by atoms with Crippen LogP contribution in [0.1, 0.15) is 5.56 Å². The Bertz CT molecular complexity index is 498. The number of rotatable bonds is 4. The Morgan fingerprint density at radius 2 is 1.86 bits per heavy atom. The van der Waals surface area contributed by atoms with E-state index >= 15 is 0 Å². The SMILES string of the molecule is CN(CC(=O)N1CCNCC1)C(=O)Cc1ccc(F)cc1. The van der Waals surface area contributed by atoms with Gasteiger partial charge in [-0.2, -0.15) is 0 Å². The summed E-state index contributed by atoms with van der Waals surface area (Å²) >= 11 is 0. The summed E-state index contributed by atoms with van der Waals surface area (Å²) in [6.45, 7) is 3.02. The highest BCUT2D eigenvalue weighted by Gasteiger charge is 2.19. The van der Waals surface area contributed by atoms with E-state index in [2.05, 4.69) is 5.32 Å². The van der Waals surface area contributed by atoms with E-state index in [1.165, 1.54) is 17.0 Å². The molecule has 1 aliphatic heterocycles. The van der Waals surface area contributed by atoms with Crippen LogP contribution in [-0.2, 0) is 16.0 Å². The summed E-state index contributed by atoms with van der Waals surface area (Å²) in [7, 11) is 1.62. The van der Waals surface area contributed by atoms with Crippen LogP contribution in [0.5, 0.6) is 0 Å². The molecular weight excluding hydrogens is 273 g/mol. The number of hydrogen-bond donors (Lipinski definition) is 1. The van der Waals surface area contributed by atoms with Crippen molar-refractivity contribution in [1.82, 2.24) is 15.1 Å². The van der Waals surface area contributed by atoms with Crippen molar-refractivity contribution < 1.29 is 14.0 Å². The third-order valence-corrected chi connectivity index (χ3v) is 3.54. The Morgan fingerprint density at radius 1 is 1.24 bits per heavy atom. The van der Waals surface area contributed by atoms with E-state index in [4.69, 9.17) is 0 Å². The molecule has 1 N–H and O–H groups in total. The number of halogens is 1. The lowest BCUT2D eigenvalue weighted by Crippen LogP contribution is -2.49. The van der Waals surface area contributed by atoms with Gasteiger partial charge >= 0.3 is 0 Å². The fraction of sp³-hybridized carbons (Fsp3) is 0.467. The van der Waals surface area contributed by atoms with Crippen LogP contribution in [0.2, 0.25) is 0 Å². The fourth-order valence-corrected chi connectivity index (χ4v) is 2.22. The maximum Gasteiger partial charge on any atom is 0.242 e. The molecule has 2 rings (SSSR count). The Balaban J connectivity index is 1.84. The second kappa shape index (κ2) is 7.17. The lowest BCUT2D eigenvalue weighted by Gasteiger charge is -2.29. The van der Waals surface area contributed by atoms with E-state index in [-0.39, 0.29) is 30.6 Å². The molecule has 6 heteroatoms. The van der Waals surface area contributed by atoms with E-state index in [1.54, 1.807) is 24.1 Å². The summed E-state index contributed by atoms with van der Waals surface area (Å²) in [6, 6.07) is 5.82. The van der Waals surface area contributed by atoms with Gasteiger partial charge < -0.3 is 15.1 Å². The molecule has 0 bridgehead atoms. The molecule has 0 saturated carbocycles. The highest BCUT2D eigenvalue weighted by Crippen LogP contribution is 2.05. The zero-order valence-electron chi connectivity index (χ0n) is 12.1. The van der Waals surface area contributed by atoms with Crippen LogP contribution >= 0.6 is 0 Å². The van der Waals surface area contributed by atoms with Gasteiger partial charge in [-0.25, -0.2) is 4.39 Å². The molecule has 0 radical (unpaired) electrons. The molecule has 0 atom stereocenters. The van der Waals surface area contributed by atoms with Crippen LogP contribution in [0.25, 0.3) is 0 Å². The molecule has 0 spiro atoms. The smallest absolute Gasteiger partial charge is 0.242 e. The van der Waals surface area contributed by atoms with Crippen LogP contribution in [0.3, 0.4) is 0 Å². The molecule has 5 nitrogen and oxygen atoms in total. The molecule has 1 aliphatic rings. The average Bonchev–Trinajstić information content (AvgIpc) is 2.50. The van der Waals surface area contributed by atoms with E-state index in [1.807, 2.05) is 0 Å². The average molecular weight is 293 g/mol. The summed E-state index contributed by atoms with van der Waals surface area (Å²) in [5.41, 5.74) is 0.739. The maximum atomic E-state index is 12.8. The van der Waals surface area contributed by atoms with Gasteiger partial charge in [0.15, 0.2) is 0 Å². The Labute approximate surface area is 123 Å². The number of hydrogen-bond acceptors (Lipinski definition) is 3. The quantitative estimate of drug-likeness (QED) is 0.866. The van der Waals surface area contributed by atoms with Gasteiger partial charge in [0.1, 0.15) is 5.82 Å². The number of nitrogens with zero attached hydrogens (tertiary/aromatic N) is 2. The molecule has 1 aromatic rings. The lowest BCUT2D eigenvalue weighted by molar-refractivity contribution is -0.139. The van der Waals surface area contributed by atoms with Gasteiger partial charge in [-0.05, 0) is 17.7 Å². The van der Waals surface area contributed by atoms with E-state index in [9.17, 15) is 14.0 Å². The standard InChI is InChI=1S/C15H20FN3O2/c1-18(11-15(21)19-8-6-17-7-9-19)14(20)10-12-2-4-13(16)5-3-12/h2-5,17H,6-11H2,1H3. The van der Waals surface area contributed by atoms with Crippen molar-refractivity contribution in [1.29, 1.82) is 0 Å². The van der Waals surface area contributed by atoms with Crippen LogP contribution in [-0.4, -0.2) is 61.4 Å². The van der Waals surface area contributed by atoms with Gasteiger partial charge in [0.05, 0.1) is 13.0 Å². The van der Waals surface area contributed by atoms with Crippen molar-refractivity contribution in [3.8, 4) is 0 Å². The molecule has 114 valence electrons. The van der Waals surface area contributed by atoms with E-state index in [0.717, 1.165) is 18.7 Å². The summed E-state index contributed by atoms with van der Waals surface area (Å²) < 4.78 is 12.8. The first-order valence-electron chi connectivity index (χ1n) is 7.03. The third kappa shape index (κ3) is 4.53. The van der Waals surface area contributed by atoms with Gasteiger partial charge in [0, 0.05) is 33.2 Å². The number of likely N-dealkylation sites (N-methyl/N-ethyl adjacent to an activating group) is 1. The van der Waals surface area contributed by atoms with Gasteiger partial charge in [-0.1, -0.05) is 12.1 Å². The minimum absolute atomic E-state index is 0.0357. The van der Waals surface area contributed by atoms with E-state index < -0.39 is 0 Å². The minimum Gasteiger partial charge on any atom is -0.339 e. The predicted octanol–water partition coefficient (Wildman–Crippen LogP) is 0.258. The second-order valence-corrected chi connectivity index (χ2v) is 5.18. The highest BCUT2D eigenvalue weighted by atomic mass is 19.1. The van der Waals surface area contributed by atoms with Crippen LogP contribution < -0.4 is 5.32 Å². The molecule has 1 aromatic carbocycles. The molecule has 2 amide bonds. The van der Waals surface area contributed by atoms with Gasteiger partial charge in [-0.3, -0.25) is 9.59 Å². The first kappa shape index (κ1) is 15.4. The number of benzene rings is 1. The zero-order valence-corrected chi connectivity index (χ0v) is 12.1. The molecule has 0 aromatic heterocycles. The first-order valence-corrected chi connectivity index (χ1v) is 7.03. The summed E-state index contributed by atoms with van der Waals surface area (Å²) in [5.74, 6) is -0.509. The minimum atomic E-state index is -0.326. The number of amides is 2. The number of piperazine rings is 1. The Morgan fingerprint density at radius 3 is 2.48 bits per heavy atom. The zero-order chi connectivity index (χ0) is 15.2.